The van der Waals surface area contributed by atoms with Crippen LogP contribution in [0.1, 0.15) is 18.5 Å². The molecule has 3 nitrogen and oxygen atoms in total. The van der Waals surface area contributed by atoms with Gasteiger partial charge in [0.15, 0.2) is 0 Å². The molecule has 0 aliphatic carbocycles. The van der Waals surface area contributed by atoms with Gasteiger partial charge in [-0.1, -0.05) is 12.1 Å². The fraction of sp³-hybridized carbons (Fsp3) is 0.118. The number of benzene rings is 2. The SMILES string of the molecule is CC(Nc1ccc(-n2cccn2)cc1)c1ccc(I)cc1. The monoisotopic (exact) mass is 389 g/mol. The Morgan fingerprint density at radius 3 is 2.38 bits per heavy atom. The van der Waals surface area contributed by atoms with E-state index in [9.17, 15) is 0 Å². The molecule has 3 rings (SSSR count). The molecule has 1 atom stereocenters. The van der Waals surface area contributed by atoms with Gasteiger partial charge >= 0.3 is 0 Å². The van der Waals surface area contributed by atoms with Gasteiger partial charge in [-0.3, -0.25) is 0 Å². The summed E-state index contributed by atoms with van der Waals surface area (Å²) in [6, 6.07) is 19.1. The van der Waals surface area contributed by atoms with Crippen LogP contribution in [0.15, 0.2) is 67.0 Å². The molecule has 1 unspecified atom stereocenters. The Bertz CT molecular complexity index is 688. The number of hydrogen-bond acceptors (Lipinski definition) is 2. The smallest absolute Gasteiger partial charge is 0.0647 e. The number of aromatic nitrogens is 2. The minimum atomic E-state index is 0.276. The van der Waals surface area contributed by atoms with Crippen molar-refractivity contribution in [2.45, 2.75) is 13.0 Å². The second-order valence-electron chi connectivity index (χ2n) is 4.92. The number of rotatable bonds is 4. The predicted octanol–water partition coefficient (Wildman–Crippen LogP) is 4.65. The maximum absolute atomic E-state index is 4.23. The Balaban J connectivity index is 1.71. The van der Waals surface area contributed by atoms with E-state index in [0.717, 1.165) is 11.4 Å². The van der Waals surface area contributed by atoms with Crippen LogP contribution in [0.2, 0.25) is 0 Å². The highest BCUT2D eigenvalue weighted by atomic mass is 127. The van der Waals surface area contributed by atoms with Crippen molar-refractivity contribution in [2.24, 2.45) is 0 Å². The first-order valence-corrected chi connectivity index (χ1v) is 7.92. The third kappa shape index (κ3) is 3.44. The first-order valence-electron chi connectivity index (χ1n) is 6.84. The minimum Gasteiger partial charge on any atom is -0.379 e. The summed E-state index contributed by atoms with van der Waals surface area (Å²) in [5.41, 5.74) is 3.45. The summed E-state index contributed by atoms with van der Waals surface area (Å²) in [6.07, 6.45) is 3.72. The summed E-state index contributed by atoms with van der Waals surface area (Å²) in [4.78, 5) is 0. The van der Waals surface area contributed by atoms with Gasteiger partial charge in [0.05, 0.1) is 5.69 Å². The second-order valence-corrected chi connectivity index (χ2v) is 6.16. The topological polar surface area (TPSA) is 29.9 Å². The molecule has 0 spiro atoms. The van der Waals surface area contributed by atoms with Gasteiger partial charge in [0.25, 0.3) is 0 Å². The van der Waals surface area contributed by atoms with Crippen LogP contribution in [-0.4, -0.2) is 9.78 Å². The molecule has 1 heterocycles. The van der Waals surface area contributed by atoms with Crippen LogP contribution in [-0.2, 0) is 0 Å². The fourth-order valence-electron chi connectivity index (χ4n) is 2.22. The van der Waals surface area contributed by atoms with Gasteiger partial charge in [-0.15, -0.1) is 0 Å². The van der Waals surface area contributed by atoms with Crippen molar-refractivity contribution in [3.8, 4) is 5.69 Å². The van der Waals surface area contributed by atoms with Crippen LogP contribution in [0, 0.1) is 3.57 Å². The Morgan fingerprint density at radius 1 is 1.05 bits per heavy atom. The molecule has 0 aliphatic heterocycles. The maximum atomic E-state index is 4.23. The molecule has 0 amide bonds. The summed E-state index contributed by atoms with van der Waals surface area (Å²) in [7, 11) is 0. The third-order valence-corrected chi connectivity index (χ3v) is 4.11. The lowest BCUT2D eigenvalue weighted by atomic mass is 10.1. The normalized spacial score (nSPS) is 12.1. The average molecular weight is 389 g/mol. The zero-order valence-electron chi connectivity index (χ0n) is 11.7. The number of anilines is 1. The van der Waals surface area contributed by atoms with Gasteiger partial charge in [-0.25, -0.2) is 4.68 Å². The molecule has 4 heteroatoms. The van der Waals surface area contributed by atoms with Crippen LogP contribution in [0.4, 0.5) is 5.69 Å². The molecule has 0 saturated carbocycles. The van der Waals surface area contributed by atoms with E-state index in [0.29, 0.717) is 0 Å². The highest BCUT2D eigenvalue weighted by Crippen LogP contribution is 2.21. The Hall–Kier alpha value is -1.82. The Kier molecular flexibility index (Phi) is 4.24. The minimum absolute atomic E-state index is 0.276. The summed E-state index contributed by atoms with van der Waals surface area (Å²) >= 11 is 2.32. The molecule has 2 aromatic carbocycles. The molecule has 1 N–H and O–H groups in total. The Morgan fingerprint density at radius 2 is 1.76 bits per heavy atom. The number of halogens is 1. The average Bonchev–Trinajstić information content (AvgIpc) is 3.03. The van der Waals surface area contributed by atoms with Gasteiger partial charge in [0.2, 0.25) is 0 Å². The van der Waals surface area contributed by atoms with Gasteiger partial charge in [-0.2, -0.15) is 5.10 Å². The van der Waals surface area contributed by atoms with E-state index in [2.05, 4.69) is 88.5 Å². The second kappa shape index (κ2) is 6.30. The van der Waals surface area contributed by atoms with Gasteiger partial charge < -0.3 is 5.32 Å². The molecule has 3 aromatic rings. The summed E-state index contributed by atoms with van der Waals surface area (Å²) in [5.74, 6) is 0. The summed E-state index contributed by atoms with van der Waals surface area (Å²) in [6.45, 7) is 2.17. The summed E-state index contributed by atoms with van der Waals surface area (Å²) < 4.78 is 3.11. The number of nitrogens with zero attached hydrogens (tertiary/aromatic N) is 2. The van der Waals surface area contributed by atoms with E-state index < -0.39 is 0 Å². The quantitative estimate of drug-likeness (QED) is 0.659. The summed E-state index contributed by atoms with van der Waals surface area (Å²) in [5, 5.41) is 7.75. The van der Waals surface area contributed by atoms with Crippen molar-refractivity contribution in [2.75, 3.05) is 5.32 Å². The van der Waals surface area contributed by atoms with E-state index in [1.807, 2.05) is 16.9 Å². The van der Waals surface area contributed by atoms with Crippen LogP contribution < -0.4 is 5.32 Å². The van der Waals surface area contributed by atoms with E-state index >= 15 is 0 Å². The number of nitrogens with one attached hydrogen (secondary N) is 1. The van der Waals surface area contributed by atoms with Gasteiger partial charge in [0, 0.05) is 27.7 Å². The van der Waals surface area contributed by atoms with Crippen LogP contribution in [0.25, 0.3) is 5.69 Å². The van der Waals surface area contributed by atoms with E-state index in [-0.39, 0.29) is 6.04 Å². The van der Waals surface area contributed by atoms with Crippen LogP contribution in [0.5, 0.6) is 0 Å². The lowest BCUT2D eigenvalue weighted by Gasteiger charge is -2.16. The van der Waals surface area contributed by atoms with E-state index in [4.69, 9.17) is 0 Å². The lowest BCUT2D eigenvalue weighted by molar-refractivity contribution is 0.873. The lowest BCUT2D eigenvalue weighted by Crippen LogP contribution is -2.06. The molecular formula is C17H16IN3. The largest absolute Gasteiger partial charge is 0.379 e. The zero-order chi connectivity index (χ0) is 14.7. The van der Waals surface area contributed by atoms with E-state index in [1.54, 1.807) is 6.20 Å². The van der Waals surface area contributed by atoms with Crippen LogP contribution in [0.3, 0.4) is 0 Å². The van der Waals surface area contributed by atoms with Gasteiger partial charge in [0.1, 0.15) is 0 Å². The van der Waals surface area contributed by atoms with Crippen molar-refractivity contribution < 1.29 is 0 Å². The van der Waals surface area contributed by atoms with Crippen molar-refractivity contribution in [1.82, 2.24) is 9.78 Å². The molecular weight excluding hydrogens is 373 g/mol. The molecule has 21 heavy (non-hydrogen) atoms. The molecule has 0 aliphatic rings. The van der Waals surface area contributed by atoms with Gasteiger partial charge in [-0.05, 0) is 77.5 Å². The molecule has 0 saturated heterocycles. The standard InChI is InChI=1S/C17H16IN3/c1-13(14-3-5-15(18)6-4-14)20-16-7-9-17(10-8-16)21-12-2-11-19-21/h2-13,20H,1H3. The molecule has 106 valence electrons. The fourth-order valence-corrected chi connectivity index (χ4v) is 2.58. The molecule has 0 fully saturated rings. The predicted molar refractivity (Wildman–Crippen MR) is 94.8 cm³/mol. The maximum Gasteiger partial charge on any atom is 0.0647 e. The van der Waals surface area contributed by atoms with Crippen LogP contribution >= 0.6 is 22.6 Å². The molecule has 0 bridgehead atoms. The number of hydrogen-bond donors (Lipinski definition) is 1. The van der Waals surface area contributed by atoms with Crippen molar-refractivity contribution in [1.29, 1.82) is 0 Å². The highest BCUT2D eigenvalue weighted by molar-refractivity contribution is 14.1. The highest BCUT2D eigenvalue weighted by Gasteiger charge is 2.05. The third-order valence-electron chi connectivity index (χ3n) is 3.39. The van der Waals surface area contributed by atoms with Crippen molar-refractivity contribution in [3.63, 3.8) is 0 Å². The van der Waals surface area contributed by atoms with E-state index in [1.165, 1.54) is 9.13 Å². The molecule has 1 aromatic heterocycles. The van der Waals surface area contributed by atoms with Crippen molar-refractivity contribution in [3.05, 3.63) is 76.1 Å². The molecule has 0 radical (unpaired) electrons. The first kappa shape index (κ1) is 14.1. The Labute approximate surface area is 138 Å². The zero-order valence-corrected chi connectivity index (χ0v) is 13.9. The first-order chi connectivity index (χ1) is 10.2. The van der Waals surface area contributed by atoms with Crippen molar-refractivity contribution >= 4 is 28.3 Å².